The molecule has 0 radical (unpaired) electrons. The van der Waals surface area contributed by atoms with Gasteiger partial charge in [-0.05, 0) is 17.7 Å². The summed E-state index contributed by atoms with van der Waals surface area (Å²) in [6.07, 6.45) is 0. The third-order valence-electron chi connectivity index (χ3n) is 3.64. The van der Waals surface area contributed by atoms with Crippen molar-refractivity contribution >= 4 is 16.6 Å². The fourth-order valence-electron chi connectivity index (χ4n) is 2.49. The number of nitrogens with zero attached hydrogens (tertiary/aromatic N) is 2. The largest absolute Gasteiger partial charge is 0.481 e. The molecule has 0 amide bonds. The average Bonchev–Trinajstić information content (AvgIpc) is 2.57. The van der Waals surface area contributed by atoms with E-state index in [1.807, 2.05) is 30.3 Å². The van der Waals surface area contributed by atoms with Crippen LogP contribution in [-0.4, -0.2) is 9.49 Å². The van der Waals surface area contributed by atoms with Crippen molar-refractivity contribution in [3.63, 3.8) is 0 Å². The molecule has 0 unspecified atom stereocenters. The number of pyridine rings is 1. The molecular weight excluding hydrogens is 296 g/mol. The lowest BCUT2D eigenvalue weighted by atomic mass is 10.1. The first-order chi connectivity index (χ1) is 11.1. The quantitative estimate of drug-likeness (QED) is 0.548. The average molecular weight is 310 g/mol. The van der Waals surface area contributed by atoms with Gasteiger partial charge >= 0.3 is 11.2 Å². The van der Waals surface area contributed by atoms with E-state index in [9.17, 15) is 14.9 Å². The van der Waals surface area contributed by atoms with Crippen molar-refractivity contribution in [2.75, 3.05) is 0 Å². The predicted octanol–water partition coefficient (Wildman–Crippen LogP) is 3.03. The number of benzene rings is 2. The van der Waals surface area contributed by atoms with E-state index in [0.29, 0.717) is 10.9 Å². The van der Waals surface area contributed by atoms with Crippen LogP contribution in [0.25, 0.3) is 10.9 Å². The normalized spacial score (nSPS) is 10.7. The Kier molecular flexibility index (Phi) is 3.80. The van der Waals surface area contributed by atoms with Crippen LogP contribution in [0.1, 0.15) is 5.56 Å². The van der Waals surface area contributed by atoms with Gasteiger partial charge in [-0.15, -0.1) is 0 Å². The molecule has 0 aliphatic carbocycles. The van der Waals surface area contributed by atoms with Gasteiger partial charge in [0.25, 0.3) is 0 Å². The molecule has 23 heavy (non-hydrogen) atoms. The van der Waals surface area contributed by atoms with Gasteiger partial charge in [0, 0.05) is 12.4 Å². The van der Waals surface area contributed by atoms with Gasteiger partial charge < -0.3 is 9.30 Å². The molecule has 6 heteroatoms. The molecule has 0 atom stereocenters. The summed E-state index contributed by atoms with van der Waals surface area (Å²) in [4.78, 5) is 23.0. The topological polar surface area (TPSA) is 74.4 Å². The maximum absolute atomic E-state index is 12.3. The fourth-order valence-corrected chi connectivity index (χ4v) is 2.49. The van der Waals surface area contributed by atoms with Gasteiger partial charge in [-0.25, -0.2) is 0 Å². The van der Waals surface area contributed by atoms with Crippen LogP contribution < -0.4 is 10.3 Å². The van der Waals surface area contributed by atoms with Crippen LogP contribution in [-0.2, 0) is 13.7 Å². The van der Waals surface area contributed by atoms with Crippen LogP contribution in [0.3, 0.4) is 0 Å². The Morgan fingerprint density at radius 1 is 1.09 bits per heavy atom. The minimum atomic E-state index is -0.685. The number of aromatic nitrogens is 1. The summed E-state index contributed by atoms with van der Waals surface area (Å²) in [5.74, 6) is 0.0116. The molecule has 3 aromatic rings. The molecular formula is C17H14N2O4. The van der Waals surface area contributed by atoms with Crippen molar-refractivity contribution in [1.82, 2.24) is 4.57 Å². The van der Waals surface area contributed by atoms with E-state index in [4.69, 9.17) is 4.74 Å². The van der Waals surface area contributed by atoms with E-state index in [-0.39, 0.29) is 12.4 Å². The molecule has 0 fully saturated rings. The maximum atomic E-state index is 12.3. The van der Waals surface area contributed by atoms with Crippen LogP contribution in [0.5, 0.6) is 5.75 Å². The molecule has 116 valence electrons. The summed E-state index contributed by atoms with van der Waals surface area (Å²) in [7, 11) is 1.51. The lowest BCUT2D eigenvalue weighted by Gasteiger charge is -2.12. The number of aryl methyl sites for hydroxylation is 1. The van der Waals surface area contributed by atoms with Crippen molar-refractivity contribution in [2.24, 2.45) is 7.05 Å². The monoisotopic (exact) mass is 310 g/mol. The van der Waals surface area contributed by atoms with E-state index in [1.54, 1.807) is 24.3 Å². The zero-order valence-corrected chi connectivity index (χ0v) is 12.4. The minimum Gasteiger partial charge on any atom is -0.481 e. The first-order valence-corrected chi connectivity index (χ1v) is 7.02. The molecule has 0 aliphatic rings. The van der Waals surface area contributed by atoms with E-state index in [1.165, 1.54) is 11.6 Å². The standard InChI is InChI=1S/C17H14N2O4/c1-18-14-10-6-5-9-13(14)16(15(17(18)20)19(21)22)23-11-12-7-3-2-4-8-12/h2-10H,11H2,1H3. The highest BCUT2D eigenvalue weighted by atomic mass is 16.6. The van der Waals surface area contributed by atoms with Crippen molar-refractivity contribution in [3.8, 4) is 5.75 Å². The SMILES string of the molecule is Cn1c(=O)c([N+](=O)[O-])c(OCc2ccccc2)c2ccccc21. The van der Waals surface area contributed by atoms with Gasteiger partial charge in [-0.1, -0.05) is 42.5 Å². The second kappa shape index (κ2) is 5.92. The molecule has 0 saturated heterocycles. The molecule has 0 saturated carbocycles. The number of ether oxygens (including phenoxy) is 1. The van der Waals surface area contributed by atoms with E-state index in [2.05, 4.69) is 0 Å². The molecule has 0 aliphatic heterocycles. The minimum absolute atomic E-state index is 0.0116. The predicted molar refractivity (Wildman–Crippen MR) is 86.6 cm³/mol. The van der Waals surface area contributed by atoms with Crippen molar-refractivity contribution in [1.29, 1.82) is 0 Å². The number of para-hydroxylation sites is 1. The van der Waals surface area contributed by atoms with Gasteiger partial charge in [-0.2, -0.15) is 0 Å². The molecule has 0 bridgehead atoms. The number of hydrogen-bond acceptors (Lipinski definition) is 4. The van der Waals surface area contributed by atoms with Crippen LogP contribution in [0.4, 0.5) is 5.69 Å². The fraction of sp³-hybridized carbons (Fsp3) is 0.118. The van der Waals surface area contributed by atoms with E-state index >= 15 is 0 Å². The summed E-state index contributed by atoms with van der Waals surface area (Å²) in [5.41, 5.74) is 0.233. The Morgan fingerprint density at radius 3 is 2.43 bits per heavy atom. The second-order valence-electron chi connectivity index (χ2n) is 5.09. The van der Waals surface area contributed by atoms with Gasteiger partial charge in [0.15, 0.2) is 0 Å². The third-order valence-corrected chi connectivity index (χ3v) is 3.64. The Balaban J connectivity index is 2.17. The zero-order valence-electron chi connectivity index (χ0n) is 12.4. The highest BCUT2D eigenvalue weighted by molar-refractivity contribution is 5.89. The Bertz CT molecular complexity index is 932. The van der Waals surface area contributed by atoms with E-state index in [0.717, 1.165) is 5.56 Å². The van der Waals surface area contributed by atoms with Crippen LogP contribution in [0.2, 0.25) is 0 Å². The Morgan fingerprint density at radius 2 is 1.74 bits per heavy atom. The molecule has 6 nitrogen and oxygen atoms in total. The van der Waals surface area contributed by atoms with Crippen LogP contribution in [0, 0.1) is 10.1 Å². The first-order valence-electron chi connectivity index (χ1n) is 7.02. The summed E-state index contributed by atoms with van der Waals surface area (Å²) < 4.78 is 6.95. The molecule has 0 spiro atoms. The van der Waals surface area contributed by atoms with Crippen molar-refractivity contribution in [3.05, 3.63) is 80.6 Å². The maximum Gasteiger partial charge on any atom is 0.376 e. The molecule has 0 N–H and O–H groups in total. The van der Waals surface area contributed by atoms with Crippen molar-refractivity contribution < 1.29 is 9.66 Å². The van der Waals surface area contributed by atoms with Crippen LogP contribution >= 0.6 is 0 Å². The highest BCUT2D eigenvalue weighted by Crippen LogP contribution is 2.32. The number of hydrogen-bond donors (Lipinski definition) is 0. The van der Waals surface area contributed by atoms with Crippen LogP contribution in [0.15, 0.2) is 59.4 Å². The lowest BCUT2D eigenvalue weighted by molar-refractivity contribution is -0.387. The number of rotatable bonds is 4. The molecule has 1 aromatic heterocycles. The number of fused-ring (bicyclic) bond motifs is 1. The van der Waals surface area contributed by atoms with Gasteiger partial charge in [-0.3, -0.25) is 14.9 Å². The van der Waals surface area contributed by atoms with Crippen molar-refractivity contribution in [2.45, 2.75) is 6.61 Å². The van der Waals surface area contributed by atoms with Gasteiger partial charge in [0.1, 0.15) is 6.61 Å². The number of nitro groups is 1. The second-order valence-corrected chi connectivity index (χ2v) is 5.09. The smallest absolute Gasteiger partial charge is 0.376 e. The first kappa shape index (κ1) is 14.8. The molecule has 1 heterocycles. The summed E-state index contributed by atoms with van der Waals surface area (Å²) in [6.45, 7) is 0.152. The summed E-state index contributed by atoms with van der Waals surface area (Å²) in [6, 6.07) is 16.3. The zero-order chi connectivity index (χ0) is 16.4. The Hall–Kier alpha value is -3.15. The highest BCUT2D eigenvalue weighted by Gasteiger charge is 2.26. The lowest BCUT2D eigenvalue weighted by Crippen LogP contribution is -2.21. The Labute approximate surface area is 131 Å². The molecule has 3 rings (SSSR count). The summed E-state index contributed by atoms with van der Waals surface area (Å²) >= 11 is 0. The third kappa shape index (κ3) is 2.66. The molecule has 2 aromatic carbocycles. The summed E-state index contributed by atoms with van der Waals surface area (Å²) in [5, 5.41) is 11.9. The van der Waals surface area contributed by atoms with Gasteiger partial charge in [0.05, 0.1) is 10.4 Å². The van der Waals surface area contributed by atoms with E-state index < -0.39 is 16.2 Å². The van der Waals surface area contributed by atoms with Gasteiger partial charge in [0.2, 0.25) is 5.75 Å².